The first-order valence-electron chi connectivity index (χ1n) is 8.66. The summed E-state index contributed by atoms with van der Waals surface area (Å²) in [5.74, 6) is -0.728. The first-order valence-corrected chi connectivity index (χ1v) is 8.66. The molecule has 1 saturated carbocycles. The average molecular weight is 315 g/mol. The fraction of sp³-hybridized carbons (Fsp3) is 0.579. The van der Waals surface area contributed by atoms with Crippen molar-refractivity contribution in [2.75, 3.05) is 6.54 Å². The first-order chi connectivity index (χ1) is 11.1. The molecule has 1 amide bonds. The van der Waals surface area contributed by atoms with E-state index in [1.807, 2.05) is 4.90 Å². The molecule has 3 rings (SSSR count). The zero-order valence-corrected chi connectivity index (χ0v) is 13.7. The molecule has 0 bridgehead atoms. The average Bonchev–Trinajstić information content (AvgIpc) is 3.04. The van der Waals surface area contributed by atoms with Crippen molar-refractivity contribution >= 4 is 11.9 Å². The monoisotopic (exact) mass is 315 g/mol. The maximum Gasteiger partial charge on any atom is 0.306 e. The zero-order chi connectivity index (χ0) is 16.4. The highest BCUT2D eigenvalue weighted by molar-refractivity contribution is 5.80. The predicted molar refractivity (Wildman–Crippen MR) is 88.0 cm³/mol. The summed E-state index contributed by atoms with van der Waals surface area (Å²) in [5, 5.41) is 9.10. The van der Waals surface area contributed by atoms with Gasteiger partial charge in [0.15, 0.2) is 0 Å². The Morgan fingerprint density at radius 1 is 1.09 bits per heavy atom. The van der Waals surface area contributed by atoms with Crippen LogP contribution >= 0.6 is 0 Å². The highest BCUT2D eigenvalue weighted by Crippen LogP contribution is 2.37. The second-order valence-electron chi connectivity index (χ2n) is 6.99. The van der Waals surface area contributed by atoms with E-state index in [9.17, 15) is 9.59 Å². The molecule has 4 nitrogen and oxygen atoms in total. The number of amides is 1. The van der Waals surface area contributed by atoms with E-state index in [-0.39, 0.29) is 23.8 Å². The Morgan fingerprint density at radius 2 is 1.78 bits per heavy atom. The van der Waals surface area contributed by atoms with Crippen LogP contribution in [0.4, 0.5) is 0 Å². The van der Waals surface area contributed by atoms with Gasteiger partial charge in [-0.05, 0) is 51.0 Å². The van der Waals surface area contributed by atoms with E-state index in [2.05, 4.69) is 31.2 Å². The van der Waals surface area contributed by atoms with Gasteiger partial charge in [-0.3, -0.25) is 9.59 Å². The second kappa shape index (κ2) is 6.73. The third-order valence-electron chi connectivity index (χ3n) is 5.39. The van der Waals surface area contributed by atoms with Gasteiger partial charge >= 0.3 is 5.97 Å². The van der Waals surface area contributed by atoms with Crippen molar-refractivity contribution in [3.8, 4) is 0 Å². The summed E-state index contributed by atoms with van der Waals surface area (Å²) in [7, 11) is 0. The summed E-state index contributed by atoms with van der Waals surface area (Å²) in [5.41, 5.74) is 2.46. The summed E-state index contributed by atoms with van der Waals surface area (Å²) in [6.45, 7) is 2.91. The van der Waals surface area contributed by atoms with Crippen LogP contribution in [0.15, 0.2) is 24.3 Å². The molecule has 2 fully saturated rings. The van der Waals surface area contributed by atoms with Crippen LogP contribution in [0, 0.1) is 18.8 Å². The number of hydrogen-bond donors (Lipinski definition) is 1. The topological polar surface area (TPSA) is 57.6 Å². The van der Waals surface area contributed by atoms with E-state index in [0.717, 1.165) is 19.4 Å². The minimum atomic E-state index is -0.713. The smallest absolute Gasteiger partial charge is 0.306 e. The maximum atomic E-state index is 12.9. The van der Waals surface area contributed by atoms with Gasteiger partial charge < -0.3 is 10.0 Å². The number of carboxylic acids is 1. The summed E-state index contributed by atoms with van der Waals surface area (Å²) in [6, 6.07) is 8.63. The molecule has 1 aromatic rings. The van der Waals surface area contributed by atoms with E-state index in [1.165, 1.54) is 11.1 Å². The number of carboxylic acid groups (broad SMARTS) is 1. The van der Waals surface area contributed by atoms with Gasteiger partial charge in [-0.2, -0.15) is 0 Å². The quantitative estimate of drug-likeness (QED) is 0.928. The zero-order valence-electron chi connectivity index (χ0n) is 13.7. The molecule has 1 N–H and O–H groups in total. The highest BCUT2D eigenvalue weighted by atomic mass is 16.4. The molecule has 0 aromatic heterocycles. The number of aryl methyl sites for hydroxylation is 1. The Hall–Kier alpha value is -1.84. The van der Waals surface area contributed by atoms with Gasteiger partial charge in [0.1, 0.15) is 0 Å². The molecule has 1 aliphatic heterocycles. The van der Waals surface area contributed by atoms with Crippen LogP contribution in [-0.2, 0) is 9.59 Å². The van der Waals surface area contributed by atoms with E-state index >= 15 is 0 Å². The van der Waals surface area contributed by atoms with Gasteiger partial charge in [0, 0.05) is 12.5 Å². The normalized spacial score (nSPS) is 27.9. The fourth-order valence-corrected chi connectivity index (χ4v) is 4.08. The van der Waals surface area contributed by atoms with Gasteiger partial charge in [0.05, 0.1) is 12.0 Å². The Balaban J connectivity index is 1.68. The second-order valence-corrected chi connectivity index (χ2v) is 6.99. The molecule has 1 heterocycles. The van der Waals surface area contributed by atoms with E-state index in [1.54, 1.807) is 0 Å². The SMILES string of the molecule is Cc1cccc(C2CCCN2C(=O)C2CCC(C(=O)O)CC2)c1. The largest absolute Gasteiger partial charge is 0.481 e. The first kappa shape index (κ1) is 16.0. The van der Waals surface area contributed by atoms with E-state index in [0.29, 0.717) is 25.7 Å². The fourth-order valence-electron chi connectivity index (χ4n) is 4.08. The van der Waals surface area contributed by atoms with Gasteiger partial charge in [-0.1, -0.05) is 29.8 Å². The van der Waals surface area contributed by atoms with Crippen molar-refractivity contribution in [3.05, 3.63) is 35.4 Å². The summed E-state index contributed by atoms with van der Waals surface area (Å²) in [4.78, 5) is 26.0. The number of nitrogens with zero attached hydrogens (tertiary/aromatic N) is 1. The molecule has 1 atom stereocenters. The molecule has 1 unspecified atom stereocenters. The number of hydrogen-bond acceptors (Lipinski definition) is 2. The maximum absolute atomic E-state index is 12.9. The lowest BCUT2D eigenvalue weighted by Crippen LogP contribution is -2.38. The minimum absolute atomic E-state index is 0.0102. The van der Waals surface area contributed by atoms with Gasteiger partial charge in [-0.15, -0.1) is 0 Å². The van der Waals surface area contributed by atoms with Crippen LogP contribution in [0.3, 0.4) is 0 Å². The third kappa shape index (κ3) is 3.41. The van der Waals surface area contributed by atoms with Crippen LogP contribution in [0.5, 0.6) is 0 Å². The van der Waals surface area contributed by atoms with E-state index in [4.69, 9.17) is 5.11 Å². The van der Waals surface area contributed by atoms with Crippen molar-refractivity contribution in [2.45, 2.75) is 51.5 Å². The standard InChI is InChI=1S/C19H25NO3/c1-13-4-2-5-16(12-13)17-6-3-11-20(17)18(21)14-7-9-15(10-8-14)19(22)23/h2,4-5,12,14-15,17H,3,6-11H2,1H3,(H,22,23). The Bertz CT molecular complexity index is 590. The Kier molecular flexibility index (Phi) is 4.69. The molecular formula is C19H25NO3. The van der Waals surface area contributed by atoms with Gasteiger partial charge in [0.25, 0.3) is 0 Å². The highest BCUT2D eigenvalue weighted by Gasteiger charge is 2.36. The molecule has 4 heteroatoms. The summed E-state index contributed by atoms with van der Waals surface area (Å²) in [6.07, 6.45) is 4.78. The van der Waals surface area contributed by atoms with Crippen molar-refractivity contribution in [1.82, 2.24) is 4.90 Å². The summed E-state index contributed by atoms with van der Waals surface area (Å²) < 4.78 is 0. The van der Waals surface area contributed by atoms with Crippen molar-refractivity contribution in [1.29, 1.82) is 0 Å². The molecule has 2 aliphatic rings. The molecule has 1 saturated heterocycles. The van der Waals surface area contributed by atoms with Gasteiger partial charge in [0.2, 0.25) is 5.91 Å². The van der Waals surface area contributed by atoms with Crippen LogP contribution in [0.1, 0.15) is 55.7 Å². The molecule has 23 heavy (non-hydrogen) atoms. The number of carbonyl (C=O) groups is 2. The molecule has 1 aliphatic carbocycles. The van der Waals surface area contributed by atoms with Crippen LogP contribution in [0.2, 0.25) is 0 Å². The minimum Gasteiger partial charge on any atom is -0.481 e. The number of rotatable bonds is 3. The molecule has 1 aromatic carbocycles. The molecular weight excluding hydrogens is 290 g/mol. The van der Waals surface area contributed by atoms with Crippen molar-refractivity contribution < 1.29 is 14.7 Å². The lowest BCUT2D eigenvalue weighted by Gasteiger charge is -2.32. The summed E-state index contributed by atoms with van der Waals surface area (Å²) >= 11 is 0. The Labute approximate surface area is 137 Å². The molecule has 124 valence electrons. The molecule has 0 radical (unpaired) electrons. The number of aliphatic carboxylic acids is 1. The van der Waals surface area contributed by atoms with Crippen LogP contribution in [0.25, 0.3) is 0 Å². The number of carbonyl (C=O) groups excluding carboxylic acids is 1. The van der Waals surface area contributed by atoms with Gasteiger partial charge in [-0.25, -0.2) is 0 Å². The predicted octanol–water partition coefficient (Wildman–Crippen LogP) is 3.55. The van der Waals surface area contributed by atoms with Crippen molar-refractivity contribution in [2.24, 2.45) is 11.8 Å². The number of likely N-dealkylation sites (tertiary alicyclic amines) is 1. The van der Waals surface area contributed by atoms with Crippen molar-refractivity contribution in [3.63, 3.8) is 0 Å². The number of benzene rings is 1. The Morgan fingerprint density at radius 3 is 2.43 bits per heavy atom. The van der Waals surface area contributed by atoms with Crippen LogP contribution in [-0.4, -0.2) is 28.4 Å². The van der Waals surface area contributed by atoms with E-state index < -0.39 is 5.97 Å². The van der Waals surface area contributed by atoms with Crippen LogP contribution < -0.4 is 0 Å². The third-order valence-corrected chi connectivity index (χ3v) is 5.39. The molecule has 0 spiro atoms. The lowest BCUT2D eigenvalue weighted by atomic mass is 9.81. The lowest BCUT2D eigenvalue weighted by molar-refractivity contribution is -0.146.